The normalized spacial score (nSPS) is 19.4. The molecule has 2 aliphatic rings. The first-order valence-electron chi connectivity index (χ1n) is 12.4. The first-order valence-corrected chi connectivity index (χ1v) is 12.4. The molecular weight excluding hydrogens is 465 g/mol. The number of carbonyl (C=O) groups is 1. The van der Waals surface area contributed by atoms with E-state index < -0.39 is 17.3 Å². The van der Waals surface area contributed by atoms with Crippen LogP contribution in [0.2, 0.25) is 0 Å². The van der Waals surface area contributed by atoms with Gasteiger partial charge in [-0.15, -0.1) is 0 Å². The molecule has 5 rings (SSSR count). The van der Waals surface area contributed by atoms with Crippen molar-refractivity contribution in [3.05, 3.63) is 69.3 Å². The van der Waals surface area contributed by atoms with E-state index in [-0.39, 0.29) is 34.3 Å². The minimum atomic E-state index is -0.723. The molecule has 8 heteroatoms. The van der Waals surface area contributed by atoms with Gasteiger partial charge in [0.15, 0.2) is 16.9 Å². The molecule has 2 atom stereocenters. The van der Waals surface area contributed by atoms with Gasteiger partial charge < -0.3 is 23.5 Å². The quantitative estimate of drug-likeness (QED) is 0.433. The van der Waals surface area contributed by atoms with Crippen molar-refractivity contribution >= 4 is 16.9 Å². The highest BCUT2D eigenvalue weighted by Crippen LogP contribution is 2.41. The molecule has 0 bridgehead atoms. The van der Waals surface area contributed by atoms with Crippen LogP contribution < -0.4 is 14.9 Å². The fourth-order valence-corrected chi connectivity index (χ4v) is 4.91. The number of rotatable bonds is 8. The Kier molecular flexibility index (Phi) is 6.71. The highest BCUT2D eigenvalue weighted by molar-refractivity contribution is 5.99. The molecule has 36 heavy (non-hydrogen) atoms. The second kappa shape index (κ2) is 9.93. The zero-order valence-electron chi connectivity index (χ0n) is 20.7. The first kappa shape index (κ1) is 24.3. The van der Waals surface area contributed by atoms with Gasteiger partial charge in [-0.05, 0) is 61.1 Å². The predicted molar refractivity (Wildman–Crippen MR) is 132 cm³/mol. The van der Waals surface area contributed by atoms with Crippen molar-refractivity contribution in [2.24, 2.45) is 5.92 Å². The van der Waals surface area contributed by atoms with Crippen LogP contribution in [0.5, 0.6) is 11.5 Å². The van der Waals surface area contributed by atoms with E-state index in [0.717, 1.165) is 25.3 Å². The maximum atomic E-state index is 14.0. The van der Waals surface area contributed by atoms with Gasteiger partial charge in [0, 0.05) is 13.2 Å². The van der Waals surface area contributed by atoms with Crippen molar-refractivity contribution in [2.45, 2.75) is 45.3 Å². The van der Waals surface area contributed by atoms with Crippen molar-refractivity contribution in [1.82, 2.24) is 4.90 Å². The van der Waals surface area contributed by atoms with E-state index >= 15 is 0 Å². The largest absolute Gasteiger partial charge is 0.493 e. The van der Waals surface area contributed by atoms with Crippen LogP contribution in [0.25, 0.3) is 11.0 Å². The van der Waals surface area contributed by atoms with E-state index in [4.69, 9.17) is 18.6 Å². The highest BCUT2D eigenvalue weighted by atomic mass is 19.1. The van der Waals surface area contributed by atoms with Gasteiger partial charge in [0.1, 0.15) is 11.4 Å². The highest BCUT2D eigenvalue weighted by Gasteiger charge is 2.44. The SMILES string of the molecule is COc1cc(C2c3c(oc4ccc(F)cc4c3=O)C(=O)N2CC2CCCO2)ccc1OCCC(C)C. The molecule has 1 fully saturated rings. The zero-order valence-corrected chi connectivity index (χ0v) is 20.7. The molecule has 0 radical (unpaired) electrons. The van der Waals surface area contributed by atoms with Crippen LogP contribution in [-0.2, 0) is 4.74 Å². The van der Waals surface area contributed by atoms with Gasteiger partial charge in [0.05, 0.1) is 36.8 Å². The van der Waals surface area contributed by atoms with Gasteiger partial charge in [-0.1, -0.05) is 19.9 Å². The molecule has 0 saturated carbocycles. The van der Waals surface area contributed by atoms with Crippen molar-refractivity contribution in [3.8, 4) is 11.5 Å². The zero-order chi connectivity index (χ0) is 25.4. The van der Waals surface area contributed by atoms with E-state index in [0.29, 0.717) is 42.7 Å². The molecule has 2 unspecified atom stereocenters. The van der Waals surface area contributed by atoms with Crippen LogP contribution in [0.15, 0.2) is 45.6 Å². The van der Waals surface area contributed by atoms with Gasteiger partial charge in [-0.3, -0.25) is 9.59 Å². The first-order chi connectivity index (χ1) is 17.4. The Labute approximate surface area is 208 Å². The maximum Gasteiger partial charge on any atom is 0.291 e. The Balaban J connectivity index is 1.60. The Morgan fingerprint density at radius 3 is 2.69 bits per heavy atom. The summed E-state index contributed by atoms with van der Waals surface area (Å²) in [6.07, 6.45) is 2.51. The van der Waals surface area contributed by atoms with Gasteiger partial charge in [-0.2, -0.15) is 0 Å². The summed E-state index contributed by atoms with van der Waals surface area (Å²) in [6.45, 7) is 5.75. The second-order valence-corrected chi connectivity index (χ2v) is 9.75. The van der Waals surface area contributed by atoms with Gasteiger partial charge in [-0.25, -0.2) is 4.39 Å². The Morgan fingerprint density at radius 1 is 1.14 bits per heavy atom. The number of carbonyl (C=O) groups excluding carboxylic acids is 1. The van der Waals surface area contributed by atoms with Crippen LogP contribution >= 0.6 is 0 Å². The molecule has 0 N–H and O–H groups in total. The smallest absolute Gasteiger partial charge is 0.291 e. The summed E-state index contributed by atoms with van der Waals surface area (Å²) in [4.78, 5) is 28.8. The number of amides is 1. The van der Waals surface area contributed by atoms with Crippen LogP contribution in [0.4, 0.5) is 4.39 Å². The number of ether oxygens (including phenoxy) is 3. The number of hydrogen-bond acceptors (Lipinski definition) is 6. The lowest BCUT2D eigenvalue weighted by atomic mass is 9.97. The molecule has 0 aliphatic carbocycles. The summed E-state index contributed by atoms with van der Waals surface area (Å²) in [6, 6.07) is 8.43. The second-order valence-electron chi connectivity index (χ2n) is 9.75. The third kappa shape index (κ3) is 4.46. The van der Waals surface area contributed by atoms with E-state index in [1.807, 2.05) is 6.07 Å². The van der Waals surface area contributed by atoms with E-state index in [9.17, 15) is 14.0 Å². The number of nitrogens with zero attached hydrogens (tertiary/aromatic N) is 1. The number of hydrogen-bond donors (Lipinski definition) is 0. The van der Waals surface area contributed by atoms with Crippen LogP contribution in [0, 0.1) is 11.7 Å². The van der Waals surface area contributed by atoms with Crippen molar-refractivity contribution in [2.75, 3.05) is 26.9 Å². The predicted octanol–water partition coefficient (Wildman–Crippen LogP) is 5.09. The average molecular weight is 496 g/mol. The summed E-state index contributed by atoms with van der Waals surface area (Å²) in [5.74, 6) is 0.650. The van der Waals surface area contributed by atoms with E-state index in [1.54, 1.807) is 24.1 Å². The van der Waals surface area contributed by atoms with E-state index in [2.05, 4.69) is 13.8 Å². The fourth-order valence-electron chi connectivity index (χ4n) is 4.91. The van der Waals surface area contributed by atoms with Crippen molar-refractivity contribution < 1.29 is 27.8 Å². The minimum Gasteiger partial charge on any atom is -0.493 e. The maximum absolute atomic E-state index is 14.0. The number of fused-ring (bicyclic) bond motifs is 2. The molecule has 190 valence electrons. The lowest BCUT2D eigenvalue weighted by molar-refractivity contribution is 0.0486. The number of halogens is 1. The standard InChI is InChI=1S/C28H30FNO6/c1-16(2)10-12-35-22-8-6-17(13-23(22)33-3)25-24-26(31)20-14-18(29)7-9-21(20)36-27(24)28(32)30(25)15-19-5-4-11-34-19/h6-9,13-14,16,19,25H,4-5,10-12,15H2,1-3H3. The summed E-state index contributed by atoms with van der Waals surface area (Å²) < 4.78 is 37.2. The summed E-state index contributed by atoms with van der Waals surface area (Å²) >= 11 is 0. The third-order valence-corrected chi connectivity index (χ3v) is 6.81. The van der Waals surface area contributed by atoms with Gasteiger partial charge >= 0.3 is 0 Å². The number of benzene rings is 2. The van der Waals surface area contributed by atoms with Crippen molar-refractivity contribution in [1.29, 1.82) is 0 Å². The van der Waals surface area contributed by atoms with Crippen molar-refractivity contribution in [3.63, 3.8) is 0 Å². The summed E-state index contributed by atoms with van der Waals surface area (Å²) in [7, 11) is 1.55. The molecule has 1 saturated heterocycles. The summed E-state index contributed by atoms with van der Waals surface area (Å²) in [5.41, 5.74) is 0.635. The third-order valence-electron chi connectivity index (χ3n) is 6.81. The number of methoxy groups -OCH3 is 1. The van der Waals surface area contributed by atoms with Gasteiger partial charge in [0.2, 0.25) is 5.76 Å². The molecule has 1 amide bonds. The van der Waals surface area contributed by atoms with E-state index in [1.165, 1.54) is 12.1 Å². The Bertz CT molecular complexity index is 1340. The van der Waals surface area contributed by atoms with Crippen LogP contribution in [-0.4, -0.2) is 43.8 Å². The summed E-state index contributed by atoms with van der Waals surface area (Å²) in [5, 5.41) is 0.103. The topological polar surface area (TPSA) is 78.2 Å². The lowest BCUT2D eigenvalue weighted by Gasteiger charge is -2.28. The molecular formula is C28H30FNO6. The lowest BCUT2D eigenvalue weighted by Crippen LogP contribution is -2.36. The van der Waals surface area contributed by atoms with Gasteiger partial charge in [0.25, 0.3) is 5.91 Å². The molecule has 3 aromatic rings. The van der Waals surface area contributed by atoms with Crippen LogP contribution in [0.1, 0.15) is 60.8 Å². The molecule has 7 nitrogen and oxygen atoms in total. The minimum absolute atomic E-state index is 0.0154. The molecule has 3 heterocycles. The monoisotopic (exact) mass is 495 g/mol. The van der Waals surface area contributed by atoms with Crippen LogP contribution in [0.3, 0.4) is 0 Å². The fraction of sp³-hybridized carbons (Fsp3) is 0.429. The molecule has 2 aromatic carbocycles. The Morgan fingerprint density at radius 2 is 1.97 bits per heavy atom. The average Bonchev–Trinajstić information content (AvgIpc) is 3.47. The molecule has 0 spiro atoms. The molecule has 2 aliphatic heterocycles. The molecule has 1 aromatic heterocycles. The Hall–Kier alpha value is -3.39.